The van der Waals surface area contributed by atoms with E-state index in [2.05, 4.69) is 40.8 Å². The van der Waals surface area contributed by atoms with Gasteiger partial charge in [0.15, 0.2) is 10.9 Å². The lowest BCUT2D eigenvalue weighted by Crippen LogP contribution is -2.24. The van der Waals surface area contributed by atoms with Crippen LogP contribution >= 0.6 is 11.8 Å². The van der Waals surface area contributed by atoms with Crippen molar-refractivity contribution in [1.29, 1.82) is 0 Å². The van der Waals surface area contributed by atoms with Crippen LogP contribution in [0.25, 0.3) is 0 Å². The molecule has 0 atom stereocenters. The fourth-order valence-corrected chi connectivity index (χ4v) is 4.12. The number of carbonyl (C=O) groups excluding carboxylic acids is 1. The van der Waals surface area contributed by atoms with E-state index in [1.165, 1.54) is 17.3 Å². The minimum atomic E-state index is -0.178. The summed E-state index contributed by atoms with van der Waals surface area (Å²) in [4.78, 5) is 23.4. The predicted molar refractivity (Wildman–Crippen MR) is 103 cm³/mol. The highest BCUT2D eigenvalue weighted by Crippen LogP contribution is 2.46. The zero-order valence-corrected chi connectivity index (χ0v) is 16.1. The monoisotopic (exact) mass is 353 g/mol. The van der Waals surface area contributed by atoms with E-state index in [0.29, 0.717) is 10.9 Å². The number of likely N-dealkylation sites (N-methyl/N-ethyl adjacent to an activating group) is 1. The summed E-state index contributed by atoms with van der Waals surface area (Å²) in [6.07, 6.45) is 1.77. The molecule has 0 N–H and O–H groups in total. The number of carbonyl (C=O) groups is 1. The minimum Gasteiger partial charge on any atom is -0.347 e. The summed E-state index contributed by atoms with van der Waals surface area (Å²) in [5, 5.41) is 0.659. The topological polar surface area (TPSA) is 46.1 Å². The van der Waals surface area contributed by atoms with Gasteiger partial charge in [0.25, 0.3) is 0 Å². The number of nitrogens with zero attached hydrogens (tertiary/aromatic N) is 3. The molecule has 0 aliphatic carbocycles. The van der Waals surface area contributed by atoms with Crippen molar-refractivity contribution in [2.24, 2.45) is 0 Å². The second kappa shape index (κ2) is 6.64. The molecule has 1 aliphatic heterocycles. The van der Waals surface area contributed by atoms with Gasteiger partial charge in [-0.2, -0.15) is 0 Å². The number of aromatic nitrogens is 2. The lowest BCUT2D eigenvalue weighted by Gasteiger charge is -2.23. The second-order valence-electron chi connectivity index (χ2n) is 6.92. The number of fused-ring (bicyclic) bond motifs is 1. The molecule has 0 bridgehead atoms. The first-order chi connectivity index (χ1) is 11.8. The second-order valence-corrected chi connectivity index (χ2v) is 7.86. The van der Waals surface area contributed by atoms with Gasteiger partial charge in [0.05, 0.1) is 5.75 Å². The standard InChI is InChI=1S/C20H23N3OS/c1-13-10-14(2)22-19(21-13)25-12-15(24)11-18-20(3,4)16-8-6-7-9-17(16)23(18)5/h6-11H,12H2,1-5H3/b18-11-. The van der Waals surface area contributed by atoms with Crippen molar-refractivity contribution in [3.63, 3.8) is 0 Å². The Morgan fingerprint density at radius 2 is 1.84 bits per heavy atom. The molecule has 0 fully saturated rings. The van der Waals surface area contributed by atoms with Crippen molar-refractivity contribution in [3.8, 4) is 0 Å². The first-order valence-electron chi connectivity index (χ1n) is 8.32. The van der Waals surface area contributed by atoms with E-state index in [-0.39, 0.29) is 11.2 Å². The number of ketones is 1. The van der Waals surface area contributed by atoms with Crippen LogP contribution < -0.4 is 4.90 Å². The molecule has 0 unspecified atom stereocenters. The van der Waals surface area contributed by atoms with Gasteiger partial charge in [-0.1, -0.05) is 43.8 Å². The van der Waals surface area contributed by atoms with Crippen molar-refractivity contribution in [2.45, 2.75) is 38.3 Å². The van der Waals surface area contributed by atoms with Crippen molar-refractivity contribution >= 4 is 23.2 Å². The van der Waals surface area contributed by atoms with Crippen LogP contribution in [0.5, 0.6) is 0 Å². The average molecular weight is 353 g/mol. The number of thioether (sulfide) groups is 1. The predicted octanol–water partition coefficient (Wildman–Crippen LogP) is 4.07. The van der Waals surface area contributed by atoms with E-state index in [4.69, 9.17) is 0 Å². The minimum absolute atomic E-state index is 0.0792. The number of allylic oxidation sites excluding steroid dienone is 2. The summed E-state index contributed by atoms with van der Waals surface area (Å²) in [5.41, 5.74) is 5.11. The quantitative estimate of drug-likeness (QED) is 0.471. The Morgan fingerprint density at radius 1 is 1.20 bits per heavy atom. The molecule has 2 heterocycles. The molecule has 25 heavy (non-hydrogen) atoms. The molecule has 3 rings (SSSR count). The molecule has 0 saturated carbocycles. The molecule has 0 spiro atoms. The van der Waals surface area contributed by atoms with Gasteiger partial charge in [-0.3, -0.25) is 4.79 Å². The molecule has 0 radical (unpaired) electrons. The number of rotatable bonds is 4. The molecule has 1 aliphatic rings. The maximum absolute atomic E-state index is 12.5. The fourth-order valence-electron chi connectivity index (χ4n) is 3.35. The Morgan fingerprint density at radius 3 is 2.48 bits per heavy atom. The highest BCUT2D eigenvalue weighted by atomic mass is 32.2. The van der Waals surface area contributed by atoms with Gasteiger partial charge < -0.3 is 4.90 Å². The van der Waals surface area contributed by atoms with Gasteiger partial charge in [0.1, 0.15) is 0 Å². The SMILES string of the molecule is Cc1cc(C)nc(SCC(=O)/C=C2\N(C)c3ccccc3C2(C)C)n1. The molecular formula is C20H23N3OS. The molecular weight excluding hydrogens is 330 g/mol. The average Bonchev–Trinajstić information content (AvgIpc) is 2.74. The van der Waals surface area contributed by atoms with Gasteiger partial charge >= 0.3 is 0 Å². The van der Waals surface area contributed by atoms with Gasteiger partial charge in [-0.05, 0) is 31.5 Å². The van der Waals surface area contributed by atoms with Gasteiger partial charge in [-0.15, -0.1) is 0 Å². The van der Waals surface area contributed by atoms with Gasteiger partial charge in [0.2, 0.25) is 0 Å². The van der Waals surface area contributed by atoms with E-state index in [1.807, 2.05) is 39.1 Å². The summed E-state index contributed by atoms with van der Waals surface area (Å²) in [5.74, 6) is 0.419. The van der Waals surface area contributed by atoms with Crippen molar-refractivity contribution < 1.29 is 4.79 Å². The van der Waals surface area contributed by atoms with Crippen molar-refractivity contribution in [1.82, 2.24) is 9.97 Å². The molecule has 5 heteroatoms. The molecule has 1 aromatic heterocycles. The molecule has 0 saturated heterocycles. The van der Waals surface area contributed by atoms with Crippen LogP contribution in [0.1, 0.15) is 30.8 Å². The third-order valence-electron chi connectivity index (χ3n) is 4.54. The first kappa shape index (κ1) is 17.7. The fraction of sp³-hybridized carbons (Fsp3) is 0.350. The lowest BCUT2D eigenvalue weighted by atomic mass is 9.83. The number of hydrogen-bond acceptors (Lipinski definition) is 5. The molecule has 0 amide bonds. The van der Waals surface area contributed by atoms with Crippen LogP contribution in [-0.4, -0.2) is 28.6 Å². The number of anilines is 1. The molecule has 4 nitrogen and oxygen atoms in total. The summed E-state index contributed by atoms with van der Waals surface area (Å²) < 4.78 is 0. The Kier molecular flexibility index (Phi) is 4.69. The Balaban J connectivity index is 1.78. The zero-order chi connectivity index (χ0) is 18.2. The van der Waals surface area contributed by atoms with E-state index < -0.39 is 0 Å². The van der Waals surface area contributed by atoms with Crippen LogP contribution in [0.2, 0.25) is 0 Å². The van der Waals surface area contributed by atoms with Crippen LogP contribution in [0.4, 0.5) is 5.69 Å². The molecule has 1 aromatic carbocycles. The van der Waals surface area contributed by atoms with Crippen molar-refractivity contribution in [3.05, 3.63) is 59.1 Å². The van der Waals surface area contributed by atoms with Crippen LogP contribution in [0, 0.1) is 13.8 Å². The smallest absolute Gasteiger partial charge is 0.188 e. The highest BCUT2D eigenvalue weighted by Gasteiger charge is 2.38. The largest absolute Gasteiger partial charge is 0.347 e. The van der Waals surface area contributed by atoms with E-state index >= 15 is 0 Å². The van der Waals surface area contributed by atoms with Crippen LogP contribution in [0.3, 0.4) is 0 Å². The highest BCUT2D eigenvalue weighted by molar-refractivity contribution is 7.99. The molecule has 2 aromatic rings. The summed E-state index contributed by atoms with van der Waals surface area (Å²) >= 11 is 1.39. The Labute approximate surface area is 153 Å². The molecule has 130 valence electrons. The van der Waals surface area contributed by atoms with Crippen LogP contribution in [-0.2, 0) is 10.2 Å². The maximum Gasteiger partial charge on any atom is 0.188 e. The maximum atomic E-state index is 12.5. The zero-order valence-electron chi connectivity index (χ0n) is 15.3. The number of aryl methyl sites for hydroxylation is 2. The first-order valence-corrected chi connectivity index (χ1v) is 9.31. The number of para-hydroxylation sites is 1. The normalized spacial score (nSPS) is 17.0. The van der Waals surface area contributed by atoms with E-state index in [9.17, 15) is 4.79 Å². The lowest BCUT2D eigenvalue weighted by molar-refractivity contribution is -0.112. The summed E-state index contributed by atoms with van der Waals surface area (Å²) in [7, 11) is 2.02. The number of benzene rings is 1. The third-order valence-corrected chi connectivity index (χ3v) is 5.41. The van der Waals surface area contributed by atoms with Crippen molar-refractivity contribution in [2.75, 3.05) is 17.7 Å². The van der Waals surface area contributed by atoms with Crippen LogP contribution in [0.15, 0.2) is 47.3 Å². The van der Waals surface area contributed by atoms with E-state index in [1.54, 1.807) is 6.08 Å². The van der Waals surface area contributed by atoms with Gasteiger partial charge in [-0.25, -0.2) is 9.97 Å². The number of hydrogen-bond donors (Lipinski definition) is 0. The third kappa shape index (κ3) is 3.47. The van der Waals surface area contributed by atoms with E-state index in [0.717, 1.165) is 22.8 Å². The summed E-state index contributed by atoms with van der Waals surface area (Å²) in [6, 6.07) is 10.2. The Bertz CT molecular complexity index is 838. The van der Waals surface area contributed by atoms with Gasteiger partial charge in [0, 0.05) is 41.3 Å². The summed E-state index contributed by atoms with van der Waals surface area (Å²) in [6.45, 7) is 8.20. The Hall–Kier alpha value is -2.14.